The maximum Gasteiger partial charge on any atom is 0.309 e. The number of rotatable bonds is 3. The Kier molecular flexibility index (Phi) is 3.23. The average Bonchev–Trinajstić information content (AvgIpc) is 3.02. The quantitative estimate of drug-likeness (QED) is 0.803. The third-order valence-electron chi connectivity index (χ3n) is 2.59. The SMILES string of the molecule is CCOC(=O)[C@@H]1CC1c1cc(F)c(Br)cn1. The second kappa shape index (κ2) is 4.49. The van der Waals surface area contributed by atoms with Gasteiger partial charge < -0.3 is 4.74 Å². The average molecular weight is 288 g/mol. The molecule has 1 saturated carbocycles. The topological polar surface area (TPSA) is 39.2 Å². The minimum absolute atomic E-state index is 0.0154. The standard InChI is InChI=1S/C11H11BrFNO2/c1-2-16-11(15)7-3-6(7)10-4-9(13)8(12)5-14-10/h4-7H,2-3H2,1H3/t6?,7-/m1/s1. The number of hydrogen-bond acceptors (Lipinski definition) is 3. The zero-order chi connectivity index (χ0) is 11.7. The Morgan fingerprint density at radius 2 is 2.50 bits per heavy atom. The normalized spacial score (nSPS) is 22.9. The minimum atomic E-state index is -0.348. The second-order valence-corrected chi connectivity index (χ2v) is 4.58. The Hall–Kier alpha value is -0.970. The van der Waals surface area contributed by atoms with E-state index in [9.17, 15) is 9.18 Å². The zero-order valence-corrected chi connectivity index (χ0v) is 10.3. The summed E-state index contributed by atoms with van der Waals surface area (Å²) in [5.41, 5.74) is 0.624. The Labute approximate surface area is 101 Å². The van der Waals surface area contributed by atoms with E-state index in [1.54, 1.807) is 6.92 Å². The number of ether oxygens (including phenoxy) is 1. The molecule has 1 unspecified atom stereocenters. The predicted octanol–water partition coefficient (Wildman–Crippen LogP) is 2.65. The third-order valence-corrected chi connectivity index (χ3v) is 3.17. The molecule has 0 aliphatic heterocycles. The zero-order valence-electron chi connectivity index (χ0n) is 8.74. The summed E-state index contributed by atoms with van der Waals surface area (Å²) in [5.74, 6) is -0.688. The number of carbonyl (C=O) groups excluding carboxylic acids is 1. The highest BCUT2D eigenvalue weighted by Crippen LogP contribution is 2.47. The van der Waals surface area contributed by atoms with Gasteiger partial charge in [-0.3, -0.25) is 9.78 Å². The van der Waals surface area contributed by atoms with Crippen molar-refractivity contribution in [1.82, 2.24) is 4.98 Å². The Morgan fingerprint density at radius 1 is 1.75 bits per heavy atom. The summed E-state index contributed by atoms with van der Waals surface area (Å²) in [6.07, 6.45) is 2.12. The van der Waals surface area contributed by atoms with Gasteiger partial charge in [0, 0.05) is 17.8 Å². The van der Waals surface area contributed by atoms with Gasteiger partial charge in [0.25, 0.3) is 0 Å². The van der Waals surface area contributed by atoms with E-state index in [1.165, 1.54) is 12.3 Å². The summed E-state index contributed by atoms with van der Waals surface area (Å²) in [6, 6.07) is 1.37. The van der Waals surface area contributed by atoms with Gasteiger partial charge in [0.15, 0.2) is 0 Å². The Bertz CT molecular complexity index is 424. The van der Waals surface area contributed by atoms with Crippen molar-refractivity contribution in [3.05, 3.63) is 28.2 Å². The highest BCUT2D eigenvalue weighted by Gasteiger charge is 2.46. The van der Waals surface area contributed by atoms with Gasteiger partial charge in [-0.15, -0.1) is 0 Å². The number of hydrogen-bond donors (Lipinski definition) is 0. The first-order chi connectivity index (χ1) is 7.63. The molecule has 2 atom stereocenters. The maximum absolute atomic E-state index is 13.2. The van der Waals surface area contributed by atoms with Crippen molar-refractivity contribution in [2.24, 2.45) is 5.92 Å². The molecule has 1 fully saturated rings. The van der Waals surface area contributed by atoms with Crippen molar-refractivity contribution in [2.45, 2.75) is 19.3 Å². The van der Waals surface area contributed by atoms with Crippen LogP contribution in [0.15, 0.2) is 16.7 Å². The first-order valence-corrected chi connectivity index (χ1v) is 5.90. The number of esters is 1. The van der Waals surface area contributed by atoms with Crippen molar-refractivity contribution in [1.29, 1.82) is 0 Å². The number of nitrogens with zero attached hydrogens (tertiary/aromatic N) is 1. The van der Waals surface area contributed by atoms with E-state index in [0.717, 1.165) is 0 Å². The molecule has 0 spiro atoms. The molecule has 0 amide bonds. The first kappa shape index (κ1) is 11.5. The molecule has 0 radical (unpaired) electrons. The highest BCUT2D eigenvalue weighted by molar-refractivity contribution is 9.10. The molecule has 16 heavy (non-hydrogen) atoms. The van der Waals surface area contributed by atoms with Gasteiger partial charge in [-0.2, -0.15) is 0 Å². The van der Waals surface area contributed by atoms with E-state index >= 15 is 0 Å². The Morgan fingerprint density at radius 3 is 3.12 bits per heavy atom. The van der Waals surface area contributed by atoms with Crippen molar-refractivity contribution in [3.63, 3.8) is 0 Å². The van der Waals surface area contributed by atoms with Crippen LogP contribution in [0, 0.1) is 11.7 Å². The molecule has 1 aromatic rings. The van der Waals surface area contributed by atoms with Crippen LogP contribution in [-0.4, -0.2) is 17.6 Å². The molecule has 5 heteroatoms. The third kappa shape index (κ3) is 2.24. The van der Waals surface area contributed by atoms with Crippen LogP contribution in [0.1, 0.15) is 25.0 Å². The van der Waals surface area contributed by atoms with Gasteiger partial charge in [0.2, 0.25) is 0 Å². The molecular formula is C11H11BrFNO2. The van der Waals surface area contributed by atoms with E-state index in [-0.39, 0.29) is 23.6 Å². The fourth-order valence-corrected chi connectivity index (χ4v) is 1.88. The highest BCUT2D eigenvalue weighted by atomic mass is 79.9. The fourth-order valence-electron chi connectivity index (χ4n) is 1.66. The van der Waals surface area contributed by atoms with Gasteiger partial charge in [0.1, 0.15) is 5.82 Å². The van der Waals surface area contributed by atoms with E-state index < -0.39 is 0 Å². The summed E-state index contributed by atoms with van der Waals surface area (Å²) < 4.78 is 18.5. The molecule has 1 heterocycles. The van der Waals surface area contributed by atoms with Crippen LogP contribution < -0.4 is 0 Å². The van der Waals surface area contributed by atoms with Crippen LogP contribution >= 0.6 is 15.9 Å². The summed E-state index contributed by atoms with van der Waals surface area (Å²) in [5, 5.41) is 0. The Balaban J connectivity index is 2.06. The lowest BCUT2D eigenvalue weighted by molar-refractivity contribution is -0.144. The molecule has 1 aliphatic carbocycles. The lowest BCUT2D eigenvalue weighted by Gasteiger charge is -2.01. The van der Waals surface area contributed by atoms with Gasteiger partial charge in [0.05, 0.1) is 17.0 Å². The minimum Gasteiger partial charge on any atom is -0.466 e. The maximum atomic E-state index is 13.2. The molecule has 0 saturated heterocycles. The van der Waals surface area contributed by atoms with E-state index in [0.29, 0.717) is 23.2 Å². The van der Waals surface area contributed by atoms with Crippen molar-refractivity contribution >= 4 is 21.9 Å². The van der Waals surface area contributed by atoms with Crippen LogP contribution in [0.4, 0.5) is 4.39 Å². The van der Waals surface area contributed by atoms with Gasteiger partial charge in [-0.05, 0) is 35.3 Å². The van der Waals surface area contributed by atoms with Crippen LogP contribution in [0.3, 0.4) is 0 Å². The van der Waals surface area contributed by atoms with Crippen molar-refractivity contribution in [2.75, 3.05) is 6.61 Å². The molecule has 0 aromatic carbocycles. The monoisotopic (exact) mass is 287 g/mol. The molecule has 0 bridgehead atoms. The van der Waals surface area contributed by atoms with E-state index in [4.69, 9.17) is 4.74 Å². The predicted molar refractivity (Wildman–Crippen MR) is 59.4 cm³/mol. The van der Waals surface area contributed by atoms with E-state index in [1.807, 2.05) is 0 Å². The molecule has 3 nitrogen and oxygen atoms in total. The molecular weight excluding hydrogens is 277 g/mol. The number of carbonyl (C=O) groups is 1. The van der Waals surface area contributed by atoms with Crippen LogP contribution in [-0.2, 0) is 9.53 Å². The van der Waals surface area contributed by atoms with Crippen molar-refractivity contribution < 1.29 is 13.9 Å². The van der Waals surface area contributed by atoms with E-state index in [2.05, 4.69) is 20.9 Å². The lowest BCUT2D eigenvalue weighted by Crippen LogP contribution is -2.07. The summed E-state index contributed by atoms with van der Waals surface area (Å²) in [4.78, 5) is 15.5. The first-order valence-electron chi connectivity index (χ1n) is 5.11. The molecule has 2 rings (SSSR count). The second-order valence-electron chi connectivity index (χ2n) is 3.72. The summed E-state index contributed by atoms with van der Waals surface area (Å²) >= 11 is 3.04. The van der Waals surface area contributed by atoms with Gasteiger partial charge in [-0.1, -0.05) is 0 Å². The number of halogens is 2. The molecule has 1 aromatic heterocycles. The summed E-state index contributed by atoms with van der Waals surface area (Å²) in [7, 11) is 0. The van der Waals surface area contributed by atoms with Crippen LogP contribution in [0.5, 0.6) is 0 Å². The smallest absolute Gasteiger partial charge is 0.309 e. The van der Waals surface area contributed by atoms with Gasteiger partial charge >= 0.3 is 5.97 Å². The fraction of sp³-hybridized carbons (Fsp3) is 0.455. The largest absolute Gasteiger partial charge is 0.466 e. The number of pyridine rings is 1. The molecule has 1 aliphatic rings. The van der Waals surface area contributed by atoms with Crippen LogP contribution in [0.2, 0.25) is 0 Å². The summed E-state index contributed by atoms with van der Waals surface area (Å²) in [6.45, 7) is 2.15. The number of aromatic nitrogens is 1. The van der Waals surface area contributed by atoms with Gasteiger partial charge in [-0.25, -0.2) is 4.39 Å². The molecule has 0 N–H and O–H groups in total. The lowest BCUT2D eigenvalue weighted by atomic mass is 10.2. The molecule has 86 valence electrons. The van der Waals surface area contributed by atoms with Crippen LogP contribution in [0.25, 0.3) is 0 Å². The van der Waals surface area contributed by atoms with Crippen molar-refractivity contribution in [3.8, 4) is 0 Å².